The highest BCUT2D eigenvalue weighted by molar-refractivity contribution is 5.72. The van der Waals surface area contributed by atoms with Gasteiger partial charge in [-0.3, -0.25) is 9.36 Å². The van der Waals surface area contributed by atoms with Crippen LogP contribution in [0.4, 0.5) is 4.39 Å². The van der Waals surface area contributed by atoms with Crippen LogP contribution in [0.15, 0.2) is 70.5 Å². The number of ether oxygens (including phenoxy) is 1. The summed E-state index contributed by atoms with van der Waals surface area (Å²) in [7, 11) is 0. The molecule has 0 atom stereocenters. The van der Waals surface area contributed by atoms with E-state index in [4.69, 9.17) is 4.74 Å². The van der Waals surface area contributed by atoms with Gasteiger partial charge in [-0.1, -0.05) is 32.0 Å². The first-order valence-electron chi connectivity index (χ1n) is 10.1. The standard InChI is InChI=1S/C23H23FN4O3/c1-16(2)14-27-22(29)20-21(28(23(27)30)18-10-8-17(24)9-11-18)25-15-26(20)12-13-31-19-6-4-3-5-7-19/h3-11,15-16H,12-14H2,1-2H3. The van der Waals surface area contributed by atoms with Gasteiger partial charge in [0.25, 0.3) is 5.56 Å². The van der Waals surface area contributed by atoms with Crippen molar-refractivity contribution in [3.05, 3.63) is 87.6 Å². The van der Waals surface area contributed by atoms with Gasteiger partial charge in [0.2, 0.25) is 0 Å². The summed E-state index contributed by atoms with van der Waals surface area (Å²) in [6, 6.07) is 14.9. The minimum absolute atomic E-state index is 0.0855. The molecular weight excluding hydrogens is 399 g/mol. The first-order chi connectivity index (χ1) is 15.0. The van der Waals surface area contributed by atoms with Gasteiger partial charge in [0.1, 0.15) is 18.2 Å². The van der Waals surface area contributed by atoms with Gasteiger partial charge in [0.15, 0.2) is 11.2 Å². The van der Waals surface area contributed by atoms with E-state index in [1.165, 1.54) is 39.7 Å². The van der Waals surface area contributed by atoms with E-state index in [9.17, 15) is 14.0 Å². The molecule has 2 aromatic carbocycles. The van der Waals surface area contributed by atoms with Gasteiger partial charge < -0.3 is 9.30 Å². The second-order valence-electron chi connectivity index (χ2n) is 7.68. The maximum absolute atomic E-state index is 13.4. The van der Waals surface area contributed by atoms with Gasteiger partial charge in [-0.05, 0) is 42.3 Å². The van der Waals surface area contributed by atoms with Crippen molar-refractivity contribution in [2.45, 2.75) is 26.9 Å². The molecule has 0 saturated heterocycles. The Hall–Kier alpha value is -3.68. The summed E-state index contributed by atoms with van der Waals surface area (Å²) in [5.74, 6) is 0.404. The molecule has 0 bridgehead atoms. The number of halogens is 1. The quantitative estimate of drug-likeness (QED) is 0.459. The zero-order valence-corrected chi connectivity index (χ0v) is 17.4. The molecule has 160 valence electrons. The molecule has 2 heterocycles. The Morgan fingerprint density at radius 1 is 1.03 bits per heavy atom. The molecule has 7 nitrogen and oxygen atoms in total. The lowest BCUT2D eigenvalue weighted by Gasteiger charge is -2.14. The lowest BCUT2D eigenvalue weighted by Crippen LogP contribution is -2.41. The van der Waals surface area contributed by atoms with Crippen LogP contribution in [0.2, 0.25) is 0 Å². The van der Waals surface area contributed by atoms with E-state index in [-0.39, 0.29) is 18.1 Å². The fourth-order valence-corrected chi connectivity index (χ4v) is 3.48. The molecule has 2 aromatic heterocycles. The fraction of sp³-hybridized carbons (Fsp3) is 0.261. The van der Waals surface area contributed by atoms with Gasteiger partial charge in [-0.2, -0.15) is 0 Å². The number of fused-ring (bicyclic) bond motifs is 1. The van der Waals surface area contributed by atoms with Crippen LogP contribution >= 0.6 is 0 Å². The average molecular weight is 422 g/mol. The summed E-state index contributed by atoms with van der Waals surface area (Å²) in [4.78, 5) is 30.8. The molecule has 0 fully saturated rings. The van der Waals surface area contributed by atoms with Crippen LogP contribution in [0.1, 0.15) is 13.8 Å². The molecule has 0 aliphatic heterocycles. The monoisotopic (exact) mass is 422 g/mol. The largest absolute Gasteiger partial charge is 0.492 e. The van der Waals surface area contributed by atoms with Gasteiger partial charge in [0, 0.05) is 6.54 Å². The third-order valence-electron chi connectivity index (χ3n) is 4.88. The highest BCUT2D eigenvalue weighted by Crippen LogP contribution is 2.15. The van der Waals surface area contributed by atoms with E-state index >= 15 is 0 Å². The Labute approximate surface area is 178 Å². The average Bonchev–Trinajstić information content (AvgIpc) is 3.17. The van der Waals surface area contributed by atoms with Crippen LogP contribution in [-0.4, -0.2) is 25.3 Å². The van der Waals surface area contributed by atoms with E-state index in [0.717, 1.165) is 5.75 Å². The molecule has 4 aromatic rings. The van der Waals surface area contributed by atoms with Crippen molar-refractivity contribution in [2.75, 3.05) is 6.61 Å². The van der Waals surface area contributed by atoms with Crippen molar-refractivity contribution in [1.82, 2.24) is 18.7 Å². The van der Waals surface area contributed by atoms with Crippen LogP contribution in [0.3, 0.4) is 0 Å². The summed E-state index contributed by atoms with van der Waals surface area (Å²) < 4.78 is 23.4. The van der Waals surface area contributed by atoms with Crippen LogP contribution in [0.5, 0.6) is 5.75 Å². The van der Waals surface area contributed by atoms with E-state index in [1.807, 2.05) is 44.2 Å². The first-order valence-corrected chi connectivity index (χ1v) is 10.1. The minimum Gasteiger partial charge on any atom is -0.492 e. The van der Waals surface area contributed by atoms with Crippen molar-refractivity contribution >= 4 is 11.2 Å². The Bertz CT molecular complexity index is 1310. The molecule has 0 aliphatic carbocycles. The maximum Gasteiger partial charge on any atom is 0.337 e. The summed E-state index contributed by atoms with van der Waals surface area (Å²) in [5, 5.41) is 0. The predicted octanol–water partition coefficient (Wildman–Crippen LogP) is 3.22. The summed E-state index contributed by atoms with van der Waals surface area (Å²) in [5.41, 5.74) is 0.0927. The SMILES string of the molecule is CC(C)Cn1c(=O)c2c(ncn2CCOc2ccccc2)n(-c2ccc(F)cc2)c1=O. The summed E-state index contributed by atoms with van der Waals surface area (Å²) in [6.07, 6.45) is 1.53. The molecule has 0 aliphatic rings. The summed E-state index contributed by atoms with van der Waals surface area (Å²) >= 11 is 0. The Balaban J connectivity index is 1.80. The number of imidazole rings is 1. The van der Waals surface area contributed by atoms with Gasteiger partial charge in [-0.15, -0.1) is 0 Å². The number of nitrogens with zero attached hydrogens (tertiary/aromatic N) is 4. The topological polar surface area (TPSA) is 71.0 Å². The highest BCUT2D eigenvalue weighted by Gasteiger charge is 2.19. The van der Waals surface area contributed by atoms with E-state index in [0.29, 0.717) is 24.4 Å². The van der Waals surface area contributed by atoms with Crippen LogP contribution in [0, 0.1) is 11.7 Å². The molecule has 0 N–H and O–H groups in total. The molecule has 0 radical (unpaired) electrons. The third kappa shape index (κ3) is 4.14. The molecule has 0 spiro atoms. The predicted molar refractivity (Wildman–Crippen MR) is 116 cm³/mol. The van der Waals surface area contributed by atoms with Crippen molar-refractivity contribution in [1.29, 1.82) is 0 Å². The number of benzene rings is 2. The van der Waals surface area contributed by atoms with E-state index < -0.39 is 17.1 Å². The van der Waals surface area contributed by atoms with E-state index in [1.54, 1.807) is 4.57 Å². The second-order valence-corrected chi connectivity index (χ2v) is 7.68. The fourth-order valence-electron chi connectivity index (χ4n) is 3.48. The highest BCUT2D eigenvalue weighted by atomic mass is 19.1. The molecule has 8 heteroatoms. The lowest BCUT2D eigenvalue weighted by atomic mass is 10.2. The van der Waals surface area contributed by atoms with Crippen LogP contribution in [0.25, 0.3) is 16.9 Å². The third-order valence-corrected chi connectivity index (χ3v) is 4.88. The molecular formula is C23H23FN4O3. The maximum atomic E-state index is 13.4. The first kappa shape index (κ1) is 20.6. The van der Waals surface area contributed by atoms with Gasteiger partial charge in [0.05, 0.1) is 18.6 Å². The number of hydrogen-bond donors (Lipinski definition) is 0. The molecule has 0 unspecified atom stereocenters. The lowest BCUT2D eigenvalue weighted by molar-refractivity contribution is 0.300. The number of aromatic nitrogens is 4. The Morgan fingerprint density at radius 3 is 2.42 bits per heavy atom. The van der Waals surface area contributed by atoms with Gasteiger partial charge in [-0.25, -0.2) is 18.7 Å². The van der Waals surface area contributed by atoms with Crippen molar-refractivity contribution in [3.8, 4) is 11.4 Å². The Morgan fingerprint density at radius 2 is 1.74 bits per heavy atom. The van der Waals surface area contributed by atoms with Crippen LogP contribution < -0.4 is 16.0 Å². The van der Waals surface area contributed by atoms with Crippen molar-refractivity contribution < 1.29 is 9.13 Å². The Kier molecular flexibility index (Phi) is 5.70. The number of para-hydroxylation sites is 1. The molecule has 0 amide bonds. The number of hydrogen-bond acceptors (Lipinski definition) is 4. The van der Waals surface area contributed by atoms with Crippen LogP contribution in [-0.2, 0) is 13.1 Å². The smallest absolute Gasteiger partial charge is 0.337 e. The van der Waals surface area contributed by atoms with Gasteiger partial charge >= 0.3 is 5.69 Å². The van der Waals surface area contributed by atoms with Crippen molar-refractivity contribution in [2.24, 2.45) is 5.92 Å². The zero-order valence-electron chi connectivity index (χ0n) is 17.4. The number of rotatable bonds is 7. The summed E-state index contributed by atoms with van der Waals surface area (Å²) in [6.45, 7) is 4.84. The molecule has 0 saturated carbocycles. The molecule has 31 heavy (non-hydrogen) atoms. The minimum atomic E-state index is -0.497. The van der Waals surface area contributed by atoms with E-state index in [2.05, 4.69) is 4.98 Å². The normalized spacial score (nSPS) is 11.4. The second kappa shape index (κ2) is 8.59. The molecule has 4 rings (SSSR count). The van der Waals surface area contributed by atoms with Crippen molar-refractivity contribution in [3.63, 3.8) is 0 Å². The zero-order chi connectivity index (χ0) is 22.0.